The Morgan fingerprint density at radius 1 is 1.11 bits per heavy atom. The van der Waals surface area contributed by atoms with E-state index in [4.69, 9.17) is 0 Å². The zero-order chi connectivity index (χ0) is 19.8. The van der Waals surface area contributed by atoms with E-state index in [1.54, 1.807) is 23.6 Å². The average Bonchev–Trinajstić information content (AvgIpc) is 2.89. The lowest BCUT2D eigenvalue weighted by atomic mass is 10.3. The van der Waals surface area contributed by atoms with Crippen molar-refractivity contribution in [2.45, 2.75) is 18.7 Å². The lowest BCUT2D eigenvalue weighted by molar-refractivity contribution is -0.117. The number of nitrogens with one attached hydrogen (secondary N) is 2. The van der Waals surface area contributed by atoms with Gasteiger partial charge in [-0.25, -0.2) is 18.1 Å². The van der Waals surface area contributed by atoms with Crippen LogP contribution in [-0.4, -0.2) is 29.6 Å². The molecule has 3 aromatic rings. The van der Waals surface area contributed by atoms with Crippen LogP contribution in [-0.2, 0) is 14.8 Å². The Bertz CT molecular complexity index is 1150. The summed E-state index contributed by atoms with van der Waals surface area (Å²) in [4.78, 5) is 27.9. The Morgan fingerprint density at radius 2 is 1.78 bits per heavy atom. The Labute approximate surface area is 163 Å². The zero-order valence-corrected chi connectivity index (χ0v) is 16.8. The maximum atomic E-state index is 12.7. The van der Waals surface area contributed by atoms with Gasteiger partial charge in [0.1, 0.15) is 11.3 Å². The van der Waals surface area contributed by atoms with Crippen LogP contribution in [0.1, 0.15) is 23.1 Å². The molecule has 0 aliphatic rings. The molecule has 140 valence electrons. The van der Waals surface area contributed by atoms with Crippen LogP contribution < -0.4 is 10.0 Å². The van der Waals surface area contributed by atoms with Crippen LogP contribution in [0.15, 0.2) is 52.0 Å². The highest BCUT2D eigenvalue weighted by Crippen LogP contribution is 2.19. The van der Waals surface area contributed by atoms with Crippen molar-refractivity contribution < 1.29 is 18.0 Å². The highest BCUT2D eigenvalue weighted by atomic mass is 79.9. The van der Waals surface area contributed by atoms with Gasteiger partial charge in [-0.05, 0) is 59.3 Å². The fraction of sp³-hybridized carbons (Fsp3) is 0.118. The first-order valence-corrected chi connectivity index (χ1v) is 10.0. The summed E-state index contributed by atoms with van der Waals surface area (Å²) in [5.41, 5.74) is 1.99. The number of carbonyl (C=O) groups excluding carboxylic acids is 2. The normalized spacial score (nSPS) is 11.4. The summed E-state index contributed by atoms with van der Waals surface area (Å²) in [6, 6.07) is 9.12. The number of aryl methyl sites for hydroxylation is 1. The van der Waals surface area contributed by atoms with Crippen molar-refractivity contribution in [3.8, 4) is 0 Å². The summed E-state index contributed by atoms with van der Waals surface area (Å²) < 4.78 is 28.3. The second kappa shape index (κ2) is 7.12. The molecule has 27 heavy (non-hydrogen) atoms. The van der Waals surface area contributed by atoms with Gasteiger partial charge < -0.3 is 5.32 Å². The molecule has 2 N–H and O–H groups in total. The predicted molar refractivity (Wildman–Crippen MR) is 103 cm³/mol. The Kier molecular flexibility index (Phi) is 5.03. The molecular weight excluding hydrogens is 436 g/mol. The summed E-state index contributed by atoms with van der Waals surface area (Å²) in [6.07, 6.45) is 1.74. The predicted octanol–water partition coefficient (Wildman–Crippen LogP) is 2.48. The van der Waals surface area contributed by atoms with Gasteiger partial charge in [-0.1, -0.05) is 0 Å². The third-order valence-electron chi connectivity index (χ3n) is 3.67. The van der Waals surface area contributed by atoms with Crippen molar-refractivity contribution in [3.63, 3.8) is 0 Å². The molecule has 0 aliphatic carbocycles. The number of aromatic nitrogens is 2. The third-order valence-corrected chi connectivity index (χ3v) is 5.59. The van der Waals surface area contributed by atoms with Crippen LogP contribution in [0.4, 0.5) is 5.69 Å². The van der Waals surface area contributed by atoms with E-state index in [1.807, 2.05) is 10.8 Å². The SMILES string of the molecule is CC(=O)NS(=O)(=O)c1ccc(NC(=O)c2c(C)nc3ccc(Br)cn23)cc1. The van der Waals surface area contributed by atoms with E-state index in [1.165, 1.54) is 24.3 Å². The van der Waals surface area contributed by atoms with Crippen LogP contribution in [0.3, 0.4) is 0 Å². The van der Waals surface area contributed by atoms with Crippen molar-refractivity contribution in [1.82, 2.24) is 14.1 Å². The number of benzene rings is 1. The smallest absolute Gasteiger partial charge is 0.274 e. The molecule has 0 radical (unpaired) electrons. The molecule has 2 amide bonds. The highest BCUT2D eigenvalue weighted by Gasteiger charge is 2.18. The topological polar surface area (TPSA) is 110 Å². The molecule has 3 rings (SSSR count). The van der Waals surface area contributed by atoms with E-state index in [0.717, 1.165) is 11.4 Å². The van der Waals surface area contributed by atoms with Crippen molar-refractivity contribution in [1.29, 1.82) is 0 Å². The number of hydrogen-bond donors (Lipinski definition) is 2. The fourth-order valence-electron chi connectivity index (χ4n) is 2.57. The number of sulfonamides is 1. The lowest BCUT2D eigenvalue weighted by Crippen LogP contribution is -2.28. The third kappa shape index (κ3) is 4.01. The van der Waals surface area contributed by atoms with Gasteiger partial charge in [0.05, 0.1) is 10.6 Å². The number of imidazole rings is 1. The van der Waals surface area contributed by atoms with Crippen molar-refractivity contribution in [2.24, 2.45) is 0 Å². The quantitative estimate of drug-likeness (QED) is 0.634. The molecule has 2 aromatic heterocycles. The number of nitrogens with zero attached hydrogens (tertiary/aromatic N) is 2. The number of anilines is 1. The van der Waals surface area contributed by atoms with Crippen LogP contribution in [0, 0.1) is 6.92 Å². The Morgan fingerprint density at radius 3 is 2.41 bits per heavy atom. The van der Waals surface area contributed by atoms with E-state index >= 15 is 0 Å². The molecule has 0 saturated carbocycles. The summed E-state index contributed by atoms with van der Waals surface area (Å²) in [7, 11) is -3.92. The summed E-state index contributed by atoms with van der Waals surface area (Å²) in [5.74, 6) is -1.06. The van der Waals surface area contributed by atoms with Gasteiger partial charge in [-0.3, -0.25) is 14.0 Å². The van der Waals surface area contributed by atoms with Gasteiger partial charge in [0, 0.05) is 23.3 Å². The molecule has 8 nitrogen and oxygen atoms in total. The number of amides is 2. The minimum atomic E-state index is -3.92. The molecule has 0 bridgehead atoms. The van der Waals surface area contributed by atoms with E-state index in [-0.39, 0.29) is 10.8 Å². The van der Waals surface area contributed by atoms with Crippen molar-refractivity contribution in [3.05, 3.63) is 58.5 Å². The van der Waals surface area contributed by atoms with Gasteiger partial charge in [0.2, 0.25) is 5.91 Å². The number of halogens is 1. The van der Waals surface area contributed by atoms with Crippen molar-refractivity contribution in [2.75, 3.05) is 5.32 Å². The minimum absolute atomic E-state index is 0.0781. The summed E-state index contributed by atoms with van der Waals surface area (Å²) in [5, 5.41) is 2.72. The average molecular weight is 451 g/mol. The number of fused-ring (bicyclic) bond motifs is 1. The number of rotatable bonds is 4. The number of pyridine rings is 1. The monoisotopic (exact) mass is 450 g/mol. The van der Waals surface area contributed by atoms with Gasteiger partial charge in [0.15, 0.2) is 0 Å². The molecule has 0 saturated heterocycles. The van der Waals surface area contributed by atoms with Crippen LogP contribution in [0.5, 0.6) is 0 Å². The van der Waals surface area contributed by atoms with Crippen LogP contribution >= 0.6 is 15.9 Å². The number of hydrogen-bond acceptors (Lipinski definition) is 5. The number of carbonyl (C=O) groups is 2. The summed E-state index contributed by atoms with van der Waals surface area (Å²) >= 11 is 3.37. The minimum Gasteiger partial charge on any atom is -0.321 e. The first kappa shape index (κ1) is 19.1. The Hall–Kier alpha value is -2.72. The molecule has 2 heterocycles. The van der Waals surface area contributed by atoms with Crippen LogP contribution in [0.2, 0.25) is 0 Å². The molecule has 0 fully saturated rings. The largest absolute Gasteiger partial charge is 0.321 e. The van der Waals surface area contributed by atoms with E-state index in [2.05, 4.69) is 26.2 Å². The van der Waals surface area contributed by atoms with Gasteiger partial charge in [0.25, 0.3) is 15.9 Å². The molecule has 0 unspecified atom stereocenters. The van der Waals surface area contributed by atoms with E-state index in [9.17, 15) is 18.0 Å². The maximum absolute atomic E-state index is 12.7. The molecule has 10 heteroatoms. The molecular formula is C17H15BrN4O4S. The molecule has 0 atom stereocenters. The van der Waals surface area contributed by atoms with E-state index < -0.39 is 15.9 Å². The molecule has 0 aliphatic heterocycles. The first-order chi connectivity index (χ1) is 12.7. The highest BCUT2D eigenvalue weighted by molar-refractivity contribution is 9.10. The standard InChI is InChI=1S/C17H15BrN4O4S/c1-10-16(22-9-12(18)3-8-15(22)19-10)17(24)20-13-4-6-14(7-5-13)27(25,26)21-11(2)23/h3-9H,1-2H3,(H,20,24)(H,21,23). The van der Waals surface area contributed by atoms with Crippen molar-refractivity contribution >= 4 is 49.1 Å². The van der Waals surface area contributed by atoms with Crippen LogP contribution in [0.25, 0.3) is 5.65 Å². The Balaban J connectivity index is 1.86. The molecule has 1 aromatic carbocycles. The van der Waals surface area contributed by atoms with E-state index in [0.29, 0.717) is 22.7 Å². The first-order valence-electron chi connectivity index (χ1n) is 7.76. The molecule has 0 spiro atoms. The second-order valence-electron chi connectivity index (χ2n) is 5.76. The van der Waals surface area contributed by atoms with Gasteiger partial charge in [-0.15, -0.1) is 0 Å². The maximum Gasteiger partial charge on any atom is 0.274 e. The summed E-state index contributed by atoms with van der Waals surface area (Å²) in [6.45, 7) is 2.85. The van der Waals surface area contributed by atoms with Gasteiger partial charge >= 0.3 is 0 Å². The second-order valence-corrected chi connectivity index (χ2v) is 8.36. The fourth-order valence-corrected chi connectivity index (χ4v) is 3.89. The zero-order valence-electron chi connectivity index (χ0n) is 14.4. The van der Waals surface area contributed by atoms with Gasteiger partial charge in [-0.2, -0.15) is 0 Å². The lowest BCUT2D eigenvalue weighted by Gasteiger charge is -2.08.